The number of esters is 1. The van der Waals surface area contributed by atoms with Crippen molar-refractivity contribution in [2.24, 2.45) is 28.6 Å². The third-order valence-corrected chi connectivity index (χ3v) is 11.0. The molecule has 2 aromatic rings. The molecule has 0 spiro atoms. The van der Waals surface area contributed by atoms with Gasteiger partial charge < -0.3 is 28.8 Å². The molecule has 0 amide bonds. The van der Waals surface area contributed by atoms with Gasteiger partial charge in [0.15, 0.2) is 0 Å². The minimum absolute atomic E-state index is 0.0398. The summed E-state index contributed by atoms with van der Waals surface area (Å²) < 4.78 is 23.7. The fourth-order valence-electron chi connectivity index (χ4n) is 8.98. The summed E-state index contributed by atoms with van der Waals surface area (Å²) in [5.41, 5.74) is 3.60. The summed E-state index contributed by atoms with van der Waals surface area (Å²) in [5.74, 6) is 0.0169. The van der Waals surface area contributed by atoms with Crippen LogP contribution in [0.1, 0.15) is 57.7 Å². The number of benzene rings is 1. The molecule has 1 aromatic carbocycles. The third-order valence-electron chi connectivity index (χ3n) is 11.0. The van der Waals surface area contributed by atoms with Gasteiger partial charge in [-0.3, -0.25) is 4.79 Å². The number of hydrogen-bond donors (Lipinski definition) is 2. The van der Waals surface area contributed by atoms with E-state index in [0.29, 0.717) is 13.0 Å². The maximum atomic E-state index is 12.6. The van der Waals surface area contributed by atoms with Gasteiger partial charge in [-0.05, 0) is 48.1 Å². The van der Waals surface area contributed by atoms with Crippen molar-refractivity contribution >= 4 is 5.97 Å². The van der Waals surface area contributed by atoms with Crippen LogP contribution < -0.4 is 4.74 Å². The fourth-order valence-corrected chi connectivity index (χ4v) is 8.98. The SMILES string of the molecule is COc1cc2c(c(C)c1-c1ccoc1)C[C@H]1[C@@]2(C)[C@H](O)[C@@H]2OC[C@]3(C)[C@H](OC(=O)C(C)C)C[C@H](O)[C@@]1(C)[C@@H]23. The lowest BCUT2D eigenvalue weighted by molar-refractivity contribution is -0.237. The number of ether oxygens (including phenoxy) is 3. The number of carbonyl (C=O) groups excluding carboxylic acids is 1. The number of carbonyl (C=O) groups is 1. The molecule has 7 heteroatoms. The molecule has 4 aliphatic rings. The Hall–Kier alpha value is -2.35. The summed E-state index contributed by atoms with van der Waals surface area (Å²) in [6.07, 6.45) is 2.03. The zero-order valence-electron chi connectivity index (χ0n) is 23.4. The summed E-state index contributed by atoms with van der Waals surface area (Å²) in [6, 6.07) is 4.01. The fraction of sp³-hybridized carbons (Fsp3) is 0.645. The van der Waals surface area contributed by atoms with E-state index in [0.717, 1.165) is 34.4 Å². The van der Waals surface area contributed by atoms with E-state index in [-0.39, 0.29) is 23.7 Å². The van der Waals surface area contributed by atoms with E-state index < -0.39 is 40.7 Å². The maximum Gasteiger partial charge on any atom is 0.308 e. The van der Waals surface area contributed by atoms with E-state index >= 15 is 0 Å². The Kier molecular flexibility index (Phi) is 5.67. The molecule has 9 atom stereocenters. The molecule has 1 saturated heterocycles. The largest absolute Gasteiger partial charge is 0.496 e. The second-order valence-corrected chi connectivity index (χ2v) is 13.1. The molecule has 38 heavy (non-hydrogen) atoms. The molecule has 1 aliphatic heterocycles. The molecule has 3 aliphatic carbocycles. The lowest BCUT2D eigenvalue weighted by atomic mass is 9.41. The van der Waals surface area contributed by atoms with Crippen LogP contribution in [0.2, 0.25) is 0 Å². The van der Waals surface area contributed by atoms with Crippen LogP contribution >= 0.6 is 0 Å². The summed E-state index contributed by atoms with van der Waals surface area (Å²) in [7, 11) is 1.67. The van der Waals surface area contributed by atoms with Gasteiger partial charge in [0.05, 0.1) is 50.5 Å². The number of methoxy groups -OCH3 is 1. The normalized spacial score (nSPS) is 41.0. The van der Waals surface area contributed by atoms with Crippen molar-refractivity contribution in [2.45, 2.75) is 84.2 Å². The second-order valence-electron chi connectivity index (χ2n) is 13.1. The Balaban J connectivity index is 1.49. The molecule has 3 fully saturated rings. The summed E-state index contributed by atoms with van der Waals surface area (Å²) >= 11 is 0. The smallest absolute Gasteiger partial charge is 0.308 e. The van der Waals surface area contributed by atoms with Crippen molar-refractivity contribution < 1.29 is 33.6 Å². The van der Waals surface area contributed by atoms with Crippen molar-refractivity contribution in [1.82, 2.24) is 0 Å². The van der Waals surface area contributed by atoms with Gasteiger partial charge in [0.25, 0.3) is 0 Å². The quantitative estimate of drug-likeness (QED) is 0.571. The van der Waals surface area contributed by atoms with E-state index in [9.17, 15) is 15.0 Å². The van der Waals surface area contributed by atoms with Crippen molar-refractivity contribution in [2.75, 3.05) is 13.7 Å². The first kappa shape index (κ1) is 25.9. The van der Waals surface area contributed by atoms with E-state index in [1.807, 2.05) is 19.9 Å². The van der Waals surface area contributed by atoms with Crippen LogP contribution in [0.3, 0.4) is 0 Å². The van der Waals surface area contributed by atoms with E-state index in [1.165, 1.54) is 5.56 Å². The summed E-state index contributed by atoms with van der Waals surface area (Å²) in [5, 5.41) is 24.0. The van der Waals surface area contributed by atoms with Crippen LogP contribution in [0.25, 0.3) is 11.1 Å². The number of hydrogen-bond acceptors (Lipinski definition) is 7. The standard InChI is InChI=1S/C31H40O7/c1-15(2)28(34)38-23-12-22(32)31(6)21-10-18-16(3)24(17-8-9-36-13-17)20(35-7)11-19(18)30(21,5)27(33)25-26(31)29(23,4)14-37-25/h8-9,11,13,15,21-23,25-27,32-33H,10,12,14H2,1-7H3/t21-,22-,23+,25+,26-,27+,29+,30-,31-/m0/s1. The Labute approximate surface area is 224 Å². The first-order valence-corrected chi connectivity index (χ1v) is 13.8. The number of aliphatic hydroxyl groups is 2. The Morgan fingerprint density at radius 3 is 2.58 bits per heavy atom. The van der Waals surface area contributed by atoms with E-state index in [4.69, 9.17) is 18.6 Å². The third kappa shape index (κ3) is 3.04. The summed E-state index contributed by atoms with van der Waals surface area (Å²) in [4.78, 5) is 12.6. The van der Waals surface area contributed by atoms with Gasteiger partial charge in [0.2, 0.25) is 0 Å². The highest BCUT2D eigenvalue weighted by Gasteiger charge is 2.75. The molecule has 0 bridgehead atoms. The first-order chi connectivity index (χ1) is 17.9. The van der Waals surface area contributed by atoms with Crippen molar-refractivity contribution in [3.8, 4) is 16.9 Å². The number of fused-ring (bicyclic) bond motifs is 4. The molecule has 1 aromatic heterocycles. The lowest BCUT2D eigenvalue weighted by Gasteiger charge is -2.64. The zero-order chi connectivity index (χ0) is 27.4. The lowest BCUT2D eigenvalue weighted by Crippen LogP contribution is -2.71. The molecular formula is C31H40O7. The highest BCUT2D eigenvalue weighted by atomic mass is 16.6. The summed E-state index contributed by atoms with van der Waals surface area (Å²) in [6.45, 7) is 12.6. The molecular weight excluding hydrogens is 484 g/mol. The molecule has 0 unspecified atom stereocenters. The molecule has 2 heterocycles. The van der Waals surface area contributed by atoms with Crippen LogP contribution in [0.4, 0.5) is 0 Å². The van der Waals surface area contributed by atoms with E-state index in [1.54, 1.807) is 19.6 Å². The monoisotopic (exact) mass is 524 g/mol. The van der Waals surface area contributed by atoms with Gasteiger partial charge in [0.1, 0.15) is 11.9 Å². The van der Waals surface area contributed by atoms with Crippen molar-refractivity contribution in [3.05, 3.63) is 41.3 Å². The van der Waals surface area contributed by atoms with Gasteiger partial charge in [0, 0.05) is 39.7 Å². The Morgan fingerprint density at radius 2 is 1.95 bits per heavy atom. The van der Waals surface area contributed by atoms with Crippen LogP contribution in [0, 0.1) is 35.5 Å². The number of aliphatic hydroxyl groups excluding tert-OH is 2. The van der Waals surface area contributed by atoms with Crippen molar-refractivity contribution in [1.29, 1.82) is 0 Å². The minimum atomic E-state index is -0.788. The van der Waals surface area contributed by atoms with E-state index in [2.05, 4.69) is 33.8 Å². The molecule has 2 saturated carbocycles. The van der Waals surface area contributed by atoms with Crippen molar-refractivity contribution in [3.63, 3.8) is 0 Å². The molecule has 2 N–H and O–H groups in total. The second kappa shape index (κ2) is 8.33. The Morgan fingerprint density at radius 1 is 1.21 bits per heavy atom. The maximum absolute atomic E-state index is 12.6. The van der Waals surface area contributed by atoms with Gasteiger partial charge >= 0.3 is 5.97 Å². The molecule has 6 rings (SSSR count). The highest BCUT2D eigenvalue weighted by molar-refractivity contribution is 5.77. The molecule has 0 radical (unpaired) electrons. The zero-order valence-corrected chi connectivity index (χ0v) is 23.4. The molecule has 206 valence electrons. The average Bonchev–Trinajstić information content (AvgIpc) is 3.60. The Bertz CT molecular complexity index is 1270. The topological polar surface area (TPSA) is 98.4 Å². The number of rotatable bonds is 4. The molecule has 7 nitrogen and oxygen atoms in total. The predicted molar refractivity (Wildman–Crippen MR) is 141 cm³/mol. The van der Waals surface area contributed by atoms with Gasteiger partial charge in [-0.25, -0.2) is 0 Å². The minimum Gasteiger partial charge on any atom is -0.496 e. The van der Waals surface area contributed by atoms with Crippen LogP contribution in [0.5, 0.6) is 5.75 Å². The van der Waals surface area contributed by atoms with Gasteiger partial charge in [-0.15, -0.1) is 0 Å². The van der Waals surface area contributed by atoms with Gasteiger partial charge in [-0.2, -0.15) is 0 Å². The van der Waals surface area contributed by atoms with Gasteiger partial charge in [-0.1, -0.05) is 34.6 Å². The predicted octanol–water partition coefficient (Wildman–Crippen LogP) is 4.43. The van der Waals surface area contributed by atoms with Crippen LogP contribution in [0.15, 0.2) is 29.1 Å². The average molecular weight is 525 g/mol. The number of furan rings is 1. The van der Waals surface area contributed by atoms with Crippen LogP contribution in [-0.2, 0) is 26.1 Å². The highest BCUT2D eigenvalue weighted by Crippen LogP contribution is 2.71. The first-order valence-electron chi connectivity index (χ1n) is 13.8. The van der Waals surface area contributed by atoms with Crippen LogP contribution in [-0.4, -0.2) is 54.3 Å².